The van der Waals surface area contributed by atoms with Crippen LogP contribution in [0.2, 0.25) is 0 Å². The fraction of sp³-hybridized carbons (Fsp3) is 0.300. The SMILES string of the molecule is CN[C@@H](Cc1ccccc1)C(=O)[O-]. The van der Waals surface area contributed by atoms with Gasteiger partial charge in [-0.15, -0.1) is 0 Å². The lowest BCUT2D eigenvalue weighted by Crippen LogP contribution is -2.45. The smallest absolute Gasteiger partial charge is 0.0587 e. The van der Waals surface area contributed by atoms with Crippen molar-refractivity contribution in [2.75, 3.05) is 7.05 Å². The van der Waals surface area contributed by atoms with Crippen LogP contribution in [0.3, 0.4) is 0 Å². The first kappa shape index (κ1) is 9.74. The number of carboxylic acids is 1. The first-order valence-electron chi connectivity index (χ1n) is 4.16. The molecule has 0 spiro atoms. The van der Waals surface area contributed by atoms with E-state index in [2.05, 4.69) is 5.32 Å². The van der Waals surface area contributed by atoms with Gasteiger partial charge in [0.15, 0.2) is 0 Å². The lowest BCUT2D eigenvalue weighted by Gasteiger charge is -2.16. The van der Waals surface area contributed by atoms with E-state index in [1.807, 2.05) is 30.3 Å². The Hall–Kier alpha value is -1.35. The molecule has 3 heteroatoms. The van der Waals surface area contributed by atoms with E-state index in [0.29, 0.717) is 6.42 Å². The third kappa shape index (κ3) is 2.87. The molecule has 0 saturated carbocycles. The number of carboxylic acid groups (broad SMARTS) is 1. The van der Waals surface area contributed by atoms with E-state index in [1.54, 1.807) is 7.05 Å². The monoisotopic (exact) mass is 178 g/mol. The summed E-state index contributed by atoms with van der Waals surface area (Å²) in [6.07, 6.45) is 0.458. The van der Waals surface area contributed by atoms with Crippen LogP contribution < -0.4 is 10.4 Å². The summed E-state index contributed by atoms with van der Waals surface area (Å²) in [5.41, 5.74) is 0.992. The van der Waals surface area contributed by atoms with Crippen molar-refractivity contribution in [3.8, 4) is 0 Å². The molecular weight excluding hydrogens is 166 g/mol. The van der Waals surface area contributed by atoms with Gasteiger partial charge in [0.1, 0.15) is 0 Å². The van der Waals surface area contributed by atoms with Crippen molar-refractivity contribution in [3.05, 3.63) is 35.9 Å². The van der Waals surface area contributed by atoms with Gasteiger partial charge in [-0.1, -0.05) is 30.3 Å². The minimum absolute atomic E-state index is 0.458. The topological polar surface area (TPSA) is 52.2 Å². The van der Waals surface area contributed by atoms with E-state index in [9.17, 15) is 9.90 Å². The zero-order valence-corrected chi connectivity index (χ0v) is 7.49. The normalized spacial score (nSPS) is 12.4. The van der Waals surface area contributed by atoms with Gasteiger partial charge < -0.3 is 15.2 Å². The average Bonchev–Trinajstić information content (AvgIpc) is 2.15. The van der Waals surface area contributed by atoms with Crippen LogP contribution in [-0.4, -0.2) is 19.1 Å². The van der Waals surface area contributed by atoms with Crippen LogP contribution >= 0.6 is 0 Å². The third-order valence-electron chi connectivity index (χ3n) is 1.92. The predicted octanol–water partition coefficient (Wildman–Crippen LogP) is -0.433. The van der Waals surface area contributed by atoms with E-state index >= 15 is 0 Å². The largest absolute Gasteiger partial charge is 0.548 e. The third-order valence-corrected chi connectivity index (χ3v) is 1.92. The summed E-state index contributed by atoms with van der Waals surface area (Å²) < 4.78 is 0. The quantitative estimate of drug-likeness (QED) is 0.680. The summed E-state index contributed by atoms with van der Waals surface area (Å²) in [6.45, 7) is 0. The van der Waals surface area contributed by atoms with Crippen molar-refractivity contribution >= 4 is 5.97 Å². The second-order valence-electron chi connectivity index (χ2n) is 2.85. The number of aliphatic carboxylic acids is 1. The highest BCUT2D eigenvalue weighted by Gasteiger charge is 2.06. The van der Waals surface area contributed by atoms with Crippen molar-refractivity contribution in [3.63, 3.8) is 0 Å². The van der Waals surface area contributed by atoms with E-state index in [-0.39, 0.29) is 0 Å². The molecule has 1 aromatic carbocycles. The Morgan fingerprint density at radius 2 is 2.08 bits per heavy atom. The van der Waals surface area contributed by atoms with Gasteiger partial charge in [-0.3, -0.25) is 0 Å². The second kappa shape index (κ2) is 4.62. The molecule has 1 aromatic rings. The molecule has 1 N–H and O–H groups in total. The van der Waals surface area contributed by atoms with E-state index < -0.39 is 12.0 Å². The lowest BCUT2D eigenvalue weighted by molar-refractivity contribution is -0.308. The summed E-state index contributed by atoms with van der Waals surface area (Å²) in [5, 5.41) is 13.2. The van der Waals surface area contributed by atoms with E-state index in [4.69, 9.17) is 0 Å². The summed E-state index contributed by atoms with van der Waals surface area (Å²) in [5.74, 6) is -1.06. The molecule has 0 bridgehead atoms. The maximum absolute atomic E-state index is 10.6. The molecule has 0 saturated heterocycles. The fourth-order valence-corrected chi connectivity index (χ4v) is 1.15. The highest BCUT2D eigenvalue weighted by Crippen LogP contribution is 2.02. The molecule has 0 unspecified atom stereocenters. The molecule has 13 heavy (non-hydrogen) atoms. The van der Waals surface area contributed by atoms with Gasteiger partial charge in [-0.2, -0.15) is 0 Å². The van der Waals surface area contributed by atoms with Crippen LogP contribution in [0.1, 0.15) is 5.56 Å². The number of hydrogen-bond donors (Lipinski definition) is 1. The number of likely N-dealkylation sites (N-methyl/N-ethyl adjacent to an activating group) is 1. The first-order chi connectivity index (χ1) is 6.24. The lowest BCUT2D eigenvalue weighted by atomic mass is 10.1. The molecule has 70 valence electrons. The van der Waals surface area contributed by atoms with Gasteiger partial charge in [0.25, 0.3) is 0 Å². The van der Waals surface area contributed by atoms with Crippen LogP contribution in [0.25, 0.3) is 0 Å². The number of hydrogen-bond acceptors (Lipinski definition) is 3. The zero-order chi connectivity index (χ0) is 9.68. The molecule has 0 heterocycles. The minimum Gasteiger partial charge on any atom is -0.548 e. The highest BCUT2D eigenvalue weighted by atomic mass is 16.4. The van der Waals surface area contributed by atoms with Crippen molar-refractivity contribution < 1.29 is 9.90 Å². The fourth-order valence-electron chi connectivity index (χ4n) is 1.15. The number of benzene rings is 1. The highest BCUT2D eigenvalue weighted by molar-refractivity contribution is 5.71. The number of nitrogens with one attached hydrogen (secondary N) is 1. The molecule has 1 rings (SSSR count). The Morgan fingerprint density at radius 1 is 1.46 bits per heavy atom. The van der Waals surface area contributed by atoms with Gasteiger partial charge in [0.05, 0.1) is 12.0 Å². The minimum atomic E-state index is -1.06. The van der Waals surface area contributed by atoms with Crippen LogP contribution in [0.4, 0.5) is 0 Å². The van der Waals surface area contributed by atoms with Crippen LogP contribution in [0.5, 0.6) is 0 Å². The summed E-state index contributed by atoms with van der Waals surface area (Å²) in [6, 6.07) is 8.86. The van der Waals surface area contributed by atoms with Gasteiger partial charge in [0, 0.05) is 0 Å². The van der Waals surface area contributed by atoms with Crippen molar-refractivity contribution in [1.82, 2.24) is 5.32 Å². The Kier molecular flexibility index (Phi) is 3.46. The molecule has 1 atom stereocenters. The number of carbonyl (C=O) groups excluding carboxylic acids is 1. The van der Waals surface area contributed by atoms with Gasteiger partial charge >= 0.3 is 0 Å². The van der Waals surface area contributed by atoms with Crippen molar-refractivity contribution in [1.29, 1.82) is 0 Å². The molecule has 0 amide bonds. The molecule has 0 aliphatic rings. The van der Waals surface area contributed by atoms with Gasteiger partial charge in [0.2, 0.25) is 0 Å². The second-order valence-corrected chi connectivity index (χ2v) is 2.85. The summed E-state index contributed by atoms with van der Waals surface area (Å²) in [4.78, 5) is 10.6. The summed E-state index contributed by atoms with van der Waals surface area (Å²) in [7, 11) is 1.61. The first-order valence-corrected chi connectivity index (χ1v) is 4.16. The molecule has 0 aromatic heterocycles. The standard InChI is InChI=1S/C10H13NO2/c1-11-9(10(12)13)7-8-5-3-2-4-6-8/h2-6,9,11H,7H2,1H3,(H,12,13)/p-1/t9-/m0/s1. The van der Waals surface area contributed by atoms with Crippen molar-refractivity contribution in [2.45, 2.75) is 12.5 Å². The van der Waals surface area contributed by atoms with Gasteiger partial charge in [-0.25, -0.2) is 0 Å². The van der Waals surface area contributed by atoms with Gasteiger partial charge in [-0.05, 0) is 19.0 Å². The van der Waals surface area contributed by atoms with Crippen molar-refractivity contribution in [2.24, 2.45) is 0 Å². The molecule has 3 nitrogen and oxygen atoms in total. The Bertz CT molecular complexity index is 272. The average molecular weight is 178 g/mol. The van der Waals surface area contributed by atoms with Crippen LogP contribution in [-0.2, 0) is 11.2 Å². The van der Waals surface area contributed by atoms with Crippen LogP contribution in [0, 0.1) is 0 Å². The van der Waals surface area contributed by atoms with E-state index in [1.165, 1.54) is 0 Å². The summed E-state index contributed by atoms with van der Waals surface area (Å²) >= 11 is 0. The number of rotatable bonds is 4. The number of carbonyl (C=O) groups is 1. The molecular formula is C10H12NO2-. The maximum Gasteiger partial charge on any atom is 0.0587 e. The van der Waals surface area contributed by atoms with E-state index in [0.717, 1.165) is 5.56 Å². The molecule has 0 fully saturated rings. The Labute approximate surface area is 77.4 Å². The van der Waals surface area contributed by atoms with Crippen LogP contribution in [0.15, 0.2) is 30.3 Å². The Morgan fingerprint density at radius 3 is 2.54 bits per heavy atom. The molecule has 0 aliphatic carbocycles. The Balaban J connectivity index is 2.62. The predicted molar refractivity (Wildman–Crippen MR) is 48.0 cm³/mol. The zero-order valence-electron chi connectivity index (χ0n) is 7.49. The maximum atomic E-state index is 10.6. The molecule has 0 aliphatic heterocycles. The molecule has 0 radical (unpaired) electrons.